The van der Waals surface area contributed by atoms with Gasteiger partial charge in [0.05, 0.1) is 13.7 Å². The van der Waals surface area contributed by atoms with E-state index in [1.807, 2.05) is 44.2 Å². The Morgan fingerprint density at radius 1 is 1.26 bits per heavy atom. The molecule has 0 bridgehead atoms. The van der Waals surface area contributed by atoms with Gasteiger partial charge in [0.1, 0.15) is 11.6 Å². The molecule has 0 fully saturated rings. The van der Waals surface area contributed by atoms with Crippen LogP contribution in [-0.2, 0) is 17.6 Å². The predicted molar refractivity (Wildman–Crippen MR) is 128 cm³/mol. The summed E-state index contributed by atoms with van der Waals surface area (Å²) >= 11 is 10.2. The highest BCUT2D eigenvalue weighted by molar-refractivity contribution is 9.10. The average molecular weight is 508 g/mol. The Hall–Kier alpha value is -2.05. The molecule has 0 atom stereocenters. The summed E-state index contributed by atoms with van der Waals surface area (Å²) in [6, 6.07) is 11.7. The number of amides is 1. The van der Waals surface area contributed by atoms with Gasteiger partial charge in [0, 0.05) is 28.1 Å². The molecule has 0 saturated heterocycles. The SMILES string of the molecule is COc1ccc(Br)cc1CCc1c(Cl)cccc1C1=NCCCN1C(=O)OCC(C)C. The summed E-state index contributed by atoms with van der Waals surface area (Å²) in [6.07, 6.45) is 1.89. The first-order chi connectivity index (χ1) is 14.9. The van der Waals surface area contributed by atoms with Crippen LogP contribution in [0.15, 0.2) is 45.9 Å². The minimum atomic E-state index is -0.355. The molecule has 0 radical (unpaired) electrons. The zero-order chi connectivity index (χ0) is 22.4. The van der Waals surface area contributed by atoms with Crippen LogP contribution in [0.1, 0.15) is 37.0 Å². The second-order valence-corrected chi connectivity index (χ2v) is 9.23. The van der Waals surface area contributed by atoms with Gasteiger partial charge in [0.2, 0.25) is 0 Å². The number of halogens is 2. The number of carbonyl (C=O) groups excluding carboxylic acids is 1. The Morgan fingerprint density at radius 3 is 2.81 bits per heavy atom. The standard InChI is InChI=1S/C24H28BrClN2O3/c1-16(2)15-31-24(29)28-13-5-12-27-23(28)20-6-4-7-21(26)19(20)10-8-17-14-18(25)9-11-22(17)30-3/h4,6-7,9,11,14,16H,5,8,10,12-13,15H2,1-3H3. The van der Waals surface area contributed by atoms with E-state index in [1.165, 1.54) is 0 Å². The third-order valence-corrected chi connectivity index (χ3v) is 5.91. The molecule has 0 aromatic heterocycles. The van der Waals surface area contributed by atoms with Gasteiger partial charge in [-0.2, -0.15) is 0 Å². The maximum absolute atomic E-state index is 12.8. The van der Waals surface area contributed by atoms with Crippen LogP contribution < -0.4 is 4.74 Å². The number of amidine groups is 1. The molecule has 1 aliphatic rings. The summed E-state index contributed by atoms with van der Waals surface area (Å²) in [5.74, 6) is 1.75. The van der Waals surface area contributed by atoms with Crippen molar-refractivity contribution in [3.05, 3.63) is 62.6 Å². The lowest BCUT2D eigenvalue weighted by Gasteiger charge is -2.28. The molecule has 2 aromatic carbocycles. The van der Waals surface area contributed by atoms with Gasteiger partial charge in [0.15, 0.2) is 0 Å². The number of hydrogen-bond acceptors (Lipinski definition) is 4. The van der Waals surface area contributed by atoms with E-state index in [9.17, 15) is 4.79 Å². The molecule has 3 rings (SSSR count). The summed E-state index contributed by atoms with van der Waals surface area (Å²) in [7, 11) is 1.67. The number of aliphatic imine (C=N–C) groups is 1. The molecule has 2 aromatic rings. The Kier molecular flexibility index (Phi) is 8.38. The van der Waals surface area contributed by atoms with Gasteiger partial charge in [-0.1, -0.05) is 53.5 Å². The third kappa shape index (κ3) is 6.01. The first-order valence-electron chi connectivity index (χ1n) is 10.5. The van der Waals surface area contributed by atoms with Crippen molar-refractivity contribution in [2.24, 2.45) is 10.9 Å². The van der Waals surface area contributed by atoms with Gasteiger partial charge < -0.3 is 9.47 Å². The van der Waals surface area contributed by atoms with Crippen molar-refractivity contribution in [1.29, 1.82) is 0 Å². The maximum Gasteiger partial charge on any atom is 0.415 e. The molecular weight excluding hydrogens is 480 g/mol. The molecule has 166 valence electrons. The lowest BCUT2D eigenvalue weighted by atomic mass is 9.97. The minimum Gasteiger partial charge on any atom is -0.496 e. The van der Waals surface area contributed by atoms with Crippen LogP contribution in [0.4, 0.5) is 4.79 Å². The quantitative estimate of drug-likeness (QED) is 0.452. The van der Waals surface area contributed by atoms with E-state index in [0.717, 1.165) is 39.8 Å². The molecular formula is C24H28BrClN2O3. The second kappa shape index (κ2) is 11.0. The molecule has 1 aliphatic heterocycles. The van der Waals surface area contributed by atoms with Crippen LogP contribution in [0.3, 0.4) is 0 Å². The minimum absolute atomic E-state index is 0.274. The molecule has 0 saturated carbocycles. The number of methoxy groups -OCH3 is 1. The zero-order valence-corrected chi connectivity index (χ0v) is 20.5. The van der Waals surface area contributed by atoms with Crippen LogP contribution in [0.5, 0.6) is 5.75 Å². The number of rotatable bonds is 7. The molecule has 1 heterocycles. The molecule has 0 unspecified atom stereocenters. The van der Waals surface area contributed by atoms with Gasteiger partial charge in [-0.25, -0.2) is 4.79 Å². The molecule has 7 heteroatoms. The highest BCUT2D eigenvalue weighted by Gasteiger charge is 2.27. The van der Waals surface area contributed by atoms with Crippen LogP contribution in [0.25, 0.3) is 0 Å². The first-order valence-corrected chi connectivity index (χ1v) is 11.7. The molecule has 5 nitrogen and oxygen atoms in total. The Morgan fingerprint density at radius 2 is 2.06 bits per heavy atom. The maximum atomic E-state index is 12.8. The van der Waals surface area contributed by atoms with Crippen molar-refractivity contribution >= 4 is 39.5 Å². The molecule has 31 heavy (non-hydrogen) atoms. The van der Waals surface area contributed by atoms with Crippen molar-refractivity contribution in [3.8, 4) is 5.75 Å². The highest BCUT2D eigenvalue weighted by atomic mass is 79.9. The summed E-state index contributed by atoms with van der Waals surface area (Å²) in [5.41, 5.74) is 2.93. The van der Waals surface area contributed by atoms with E-state index in [0.29, 0.717) is 37.0 Å². The van der Waals surface area contributed by atoms with Crippen LogP contribution in [0, 0.1) is 5.92 Å². The Labute approximate surface area is 197 Å². The van der Waals surface area contributed by atoms with Crippen LogP contribution >= 0.6 is 27.5 Å². The lowest BCUT2D eigenvalue weighted by Crippen LogP contribution is -2.42. The van der Waals surface area contributed by atoms with Crippen molar-refractivity contribution in [1.82, 2.24) is 4.90 Å². The fourth-order valence-electron chi connectivity index (χ4n) is 3.55. The summed E-state index contributed by atoms with van der Waals surface area (Å²) < 4.78 is 12.0. The topological polar surface area (TPSA) is 51.1 Å². The van der Waals surface area contributed by atoms with Gasteiger partial charge in [-0.15, -0.1) is 0 Å². The summed E-state index contributed by atoms with van der Waals surface area (Å²) in [6.45, 7) is 5.68. The number of aryl methyl sites for hydroxylation is 1. The van der Waals surface area contributed by atoms with E-state index in [1.54, 1.807) is 12.0 Å². The normalized spacial score (nSPS) is 13.9. The fraction of sp³-hybridized carbons (Fsp3) is 0.417. The third-order valence-electron chi connectivity index (χ3n) is 5.06. The van der Waals surface area contributed by atoms with E-state index < -0.39 is 0 Å². The monoisotopic (exact) mass is 506 g/mol. The number of benzene rings is 2. The number of hydrogen-bond donors (Lipinski definition) is 0. The lowest BCUT2D eigenvalue weighted by molar-refractivity contribution is 0.109. The number of nitrogens with zero attached hydrogens (tertiary/aromatic N) is 2. The van der Waals surface area contributed by atoms with Gasteiger partial charge in [0.25, 0.3) is 0 Å². The van der Waals surface area contributed by atoms with Crippen molar-refractivity contribution in [2.75, 3.05) is 26.8 Å². The van der Waals surface area contributed by atoms with Crippen molar-refractivity contribution < 1.29 is 14.3 Å². The predicted octanol–water partition coefficient (Wildman–Crippen LogP) is 6.14. The smallest absolute Gasteiger partial charge is 0.415 e. The summed E-state index contributed by atoms with van der Waals surface area (Å²) in [5, 5.41) is 0.662. The Bertz CT molecular complexity index is 962. The van der Waals surface area contributed by atoms with E-state index >= 15 is 0 Å². The van der Waals surface area contributed by atoms with Gasteiger partial charge in [-0.3, -0.25) is 9.89 Å². The second-order valence-electron chi connectivity index (χ2n) is 7.90. The molecule has 0 spiro atoms. The molecule has 0 N–H and O–H groups in total. The van der Waals surface area contributed by atoms with Crippen molar-refractivity contribution in [3.63, 3.8) is 0 Å². The van der Waals surface area contributed by atoms with Crippen LogP contribution in [-0.4, -0.2) is 43.6 Å². The first kappa shape index (κ1) is 23.6. The van der Waals surface area contributed by atoms with Gasteiger partial charge >= 0.3 is 6.09 Å². The highest BCUT2D eigenvalue weighted by Crippen LogP contribution is 2.28. The molecule has 0 aliphatic carbocycles. The van der Waals surface area contributed by atoms with Gasteiger partial charge in [-0.05, 0) is 60.6 Å². The number of ether oxygens (including phenoxy) is 2. The fourth-order valence-corrected chi connectivity index (χ4v) is 4.23. The Balaban J connectivity index is 1.88. The van der Waals surface area contributed by atoms with E-state index in [4.69, 9.17) is 21.1 Å². The average Bonchev–Trinajstić information content (AvgIpc) is 2.76. The van der Waals surface area contributed by atoms with Crippen molar-refractivity contribution in [2.45, 2.75) is 33.1 Å². The largest absolute Gasteiger partial charge is 0.496 e. The van der Waals surface area contributed by atoms with E-state index in [-0.39, 0.29) is 12.0 Å². The zero-order valence-electron chi connectivity index (χ0n) is 18.2. The number of carbonyl (C=O) groups is 1. The van der Waals surface area contributed by atoms with E-state index in [2.05, 4.69) is 27.0 Å². The van der Waals surface area contributed by atoms with Crippen LogP contribution in [0.2, 0.25) is 5.02 Å². The summed E-state index contributed by atoms with van der Waals surface area (Å²) in [4.78, 5) is 19.1. The molecule has 1 amide bonds.